The highest BCUT2D eigenvalue weighted by atomic mass is 32.2. The third kappa shape index (κ3) is 5.69. The molecule has 1 saturated heterocycles. The first-order valence-electron chi connectivity index (χ1n) is 12.8. The Kier molecular flexibility index (Phi) is 7.60. The van der Waals surface area contributed by atoms with E-state index in [1.54, 1.807) is 42.9 Å². The van der Waals surface area contributed by atoms with Crippen molar-refractivity contribution in [2.45, 2.75) is 38.7 Å². The predicted molar refractivity (Wildman–Crippen MR) is 154 cm³/mol. The van der Waals surface area contributed by atoms with Crippen LogP contribution in [0.25, 0.3) is 0 Å². The molecule has 200 valence electrons. The molecule has 10 heteroatoms. The van der Waals surface area contributed by atoms with Gasteiger partial charge in [-0.15, -0.1) is 0 Å². The molecule has 0 saturated carbocycles. The minimum Gasteiger partial charge on any atom is -0.382 e. The first-order chi connectivity index (χ1) is 19.1. The number of benzene rings is 2. The number of aromatic amines is 1. The molecule has 0 spiro atoms. The van der Waals surface area contributed by atoms with E-state index in [-0.39, 0.29) is 17.7 Å². The van der Waals surface area contributed by atoms with Crippen LogP contribution in [0.15, 0.2) is 91.5 Å². The van der Waals surface area contributed by atoms with Gasteiger partial charge in [0.15, 0.2) is 5.82 Å². The zero-order valence-electron chi connectivity index (χ0n) is 21.7. The van der Waals surface area contributed by atoms with E-state index in [1.807, 2.05) is 25.4 Å². The Labute approximate surface area is 235 Å². The van der Waals surface area contributed by atoms with Crippen molar-refractivity contribution in [2.75, 3.05) is 43.6 Å². The quantitative estimate of drug-likeness (QED) is 0.269. The molecular weight excluding hydrogens is 530 g/mol. The zero-order valence-corrected chi connectivity index (χ0v) is 23.3. The average Bonchev–Trinajstić information content (AvgIpc) is 2.96. The van der Waals surface area contributed by atoms with Crippen molar-refractivity contribution in [1.29, 1.82) is 0 Å². The summed E-state index contributed by atoms with van der Waals surface area (Å²) in [5, 5.41) is 3.55. The number of nitrogens with one attached hydrogen (secondary N) is 2. The van der Waals surface area contributed by atoms with Crippen LogP contribution in [0.4, 0.5) is 11.4 Å². The maximum absolute atomic E-state index is 11.9. The van der Waals surface area contributed by atoms with Gasteiger partial charge in [-0.3, -0.25) is 4.79 Å². The molecule has 2 atom stereocenters. The molecule has 0 bridgehead atoms. The van der Waals surface area contributed by atoms with Crippen molar-refractivity contribution in [3.8, 4) is 0 Å². The number of H-pyrrole nitrogens is 1. The molecule has 0 aliphatic carbocycles. The van der Waals surface area contributed by atoms with Gasteiger partial charge in [0.05, 0.1) is 13.2 Å². The van der Waals surface area contributed by atoms with Gasteiger partial charge in [0.25, 0.3) is 0 Å². The third-order valence-corrected chi connectivity index (χ3v) is 9.32. The Morgan fingerprint density at radius 2 is 2.00 bits per heavy atom. The summed E-state index contributed by atoms with van der Waals surface area (Å²) in [6.07, 6.45) is 5.28. The van der Waals surface area contributed by atoms with Gasteiger partial charge in [0.2, 0.25) is 5.56 Å². The summed E-state index contributed by atoms with van der Waals surface area (Å²) in [7, 11) is 1.69. The number of methoxy groups -OCH3 is 1. The number of nitrogens with zero attached hydrogens (tertiary/aromatic N) is 3. The molecule has 4 aromatic rings. The summed E-state index contributed by atoms with van der Waals surface area (Å²) in [5.74, 6) is 0.707. The molecule has 4 heterocycles. The molecule has 2 unspecified atom stereocenters. The fraction of sp³-hybridized carbons (Fsp3) is 0.276. The second-order valence-corrected chi connectivity index (χ2v) is 11.7. The molecule has 2 aliphatic heterocycles. The predicted octanol–water partition coefficient (Wildman–Crippen LogP) is 5.47. The standard InChI is InChI=1S/C29H29N5O3S2/c1-18-14-31-29(32-15-18)22(17-36-2)33-19-6-7-24-26(12-19)38-25-5-3-4-21(28(25)39-24)23-16-34(10-11-37-23)20-8-9-30-27(35)13-20/h3-9,12-15,22-23,33H,10-11,16-17H2,1-2H3,(H,30,35). The molecule has 2 aromatic heterocycles. The Morgan fingerprint density at radius 1 is 1.13 bits per heavy atom. The summed E-state index contributed by atoms with van der Waals surface area (Å²) in [5.41, 5.74) is 4.04. The Balaban J connectivity index is 1.22. The van der Waals surface area contributed by atoms with Crippen LogP contribution in [0, 0.1) is 6.92 Å². The van der Waals surface area contributed by atoms with Crippen molar-refractivity contribution in [2.24, 2.45) is 0 Å². The molecule has 2 N–H and O–H groups in total. The summed E-state index contributed by atoms with van der Waals surface area (Å²) in [6.45, 7) is 4.50. The smallest absolute Gasteiger partial charge is 0.249 e. The largest absolute Gasteiger partial charge is 0.382 e. The number of aryl methyl sites for hydroxylation is 1. The molecule has 8 nitrogen and oxygen atoms in total. The normalized spacial score (nSPS) is 17.3. The lowest BCUT2D eigenvalue weighted by Gasteiger charge is -2.36. The van der Waals surface area contributed by atoms with Crippen LogP contribution in [-0.2, 0) is 9.47 Å². The lowest BCUT2D eigenvalue weighted by atomic mass is 10.1. The van der Waals surface area contributed by atoms with E-state index in [4.69, 9.17) is 9.47 Å². The fourth-order valence-electron chi connectivity index (χ4n) is 4.80. The molecule has 0 amide bonds. The second-order valence-electron chi connectivity index (χ2n) is 9.53. The van der Waals surface area contributed by atoms with Gasteiger partial charge in [-0.2, -0.15) is 0 Å². The van der Waals surface area contributed by atoms with Crippen LogP contribution in [0.2, 0.25) is 0 Å². The van der Waals surface area contributed by atoms with Crippen molar-refractivity contribution < 1.29 is 9.47 Å². The average molecular weight is 560 g/mol. The van der Waals surface area contributed by atoms with E-state index in [0.29, 0.717) is 25.6 Å². The summed E-state index contributed by atoms with van der Waals surface area (Å²) in [6, 6.07) is 16.3. The maximum Gasteiger partial charge on any atom is 0.249 e. The molecule has 2 aromatic carbocycles. The van der Waals surface area contributed by atoms with Crippen LogP contribution >= 0.6 is 23.5 Å². The number of rotatable bonds is 7. The van der Waals surface area contributed by atoms with Gasteiger partial charge in [-0.25, -0.2) is 9.97 Å². The van der Waals surface area contributed by atoms with Gasteiger partial charge in [-0.1, -0.05) is 35.7 Å². The first-order valence-corrected chi connectivity index (χ1v) is 14.4. The number of ether oxygens (including phenoxy) is 2. The summed E-state index contributed by atoms with van der Waals surface area (Å²) < 4.78 is 11.7. The maximum atomic E-state index is 11.9. The van der Waals surface area contributed by atoms with Gasteiger partial charge in [0, 0.05) is 75.8 Å². The van der Waals surface area contributed by atoms with Gasteiger partial charge < -0.3 is 24.7 Å². The molecule has 2 aliphatic rings. The van der Waals surface area contributed by atoms with Crippen LogP contribution in [0.3, 0.4) is 0 Å². The zero-order chi connectivity index (χ0) is 26.8. The monoisotopic (exact) mass is 559 g/mol. The molecule has 1 fully saturated rings. The van der Waals surface area contributed by atoms with Crippen LogP contribution in [-0.4, -0.2) is 48.4 Å². The Hall–Kier alpha value is -3.31. The van der Waals surface area contributed by atoms with Crippen LogP contribution < -0.4 is 15.8 Å². The topological polar surface area (TPSA) is 92.4 Å². The van der Waals surface area contributed by atoms with Crippen LogP contribution in [0.5, 0.6) is 0 Å². The molecular formula is C29H29N5O3S2. The van der Waals surface area contributed by atoms with E-state index >= 15 is 0 Å². The second kappa shape index (κ2) is 11.4. The number of hydrogen-bond acceptors (Lipinski definition) is 9. The van der Waals surface area contributed by atoms with E-state index in [0.717, 1.165) is 23.5 Å². The van der Waals surface area contributed by atoms with Crippen molar-refractivity contribution >= 4 is 34.9 Å². The van der Waals surface area contributed by atoms with E-state index in [9.17, 15) is 4.79 Å². The summed E-state index contributed by atoms with van der Waals surface area (Å²) in [4.78, 5) is 30.6. The minimum atomic E-state index is -0.152. The highest BCUT2D eigenvalue weighted by molar-refractivity contribution is 8.05. The van der Waals surface area contributed by atoms with Crippen molar-refractivity contribution in [3.05, 3.63) is 94.4 Å². The molecule has 0 radical (unpaired) electrons. The third-order valence-electron chi connectivity index (χ3n) is 6.71. The fourth-order valence-corrected chi connectivity index (χ4v) is 7.25. The highest BCUT2D eigenvalue weighted by Gasteiger charge is 2.28. The van der Waals surface area contributed by atoms with Gasteiger partial charge >= 0.3 is 0 Å². The number of anilines is 2. The van der Waals surface area contributed by atoms with E-state index < -0.39 is 0 Å². The summed E-state index contributed by atoms with van der Waals surface area (Å²) >= 11 is 3.56. The molecule has 39 heavy (non-hydrogen) atoms. The Bertz CT molecular complexity index is 1530. The number of fused-ring (bicyclic) bond motifs is 2. The van der Waals surface area contributed by atoms with Gasteiger partial charge in [-0.05, 0) is 48.4 Å². The van der Waals surface area contributed by atoms with Crippen LogP contribution in [0.1, 0.15) is 29.1 Å². The minimum absolute atomic E-state index is 0.0760. The lowest BCUT2D eigenvalue weighted by Crippen LogP contribution is -2.39. The number of morpholine rings is 1. The molecule has 6 rings (SSSR count). The SMILES string of the molecule is COCC(Nc1ccc2c(c1)Sc1cccc(C3CN(c4cc[nH]c(=O)c4)CCO3)c1S2)c1ncc(C)cn1. The lowest BCUT2D eigenvalue weighted by molar-refractivity contribution is 0.0379. The Morgan fingerprint density at radius 3 is 2.82 bits per heavy atom. The van der Waals surface area contributed by atoms with Gasteiger partial charge in [0.1, 0.15) is 12.1 Å². The van der Waals surface area contributed by atoms with E-state index in [2.05, 4.69) is 61.6 Å². The number of pyridine rings is 1. The number of aromatic nitrogens is 3. The first kappa shape index (κ1) is 25.9. The van der Waals surface area contributed by atoms with Crippen molar-refractivity contribution in [3.63, 3.8) is 0 Å². The van der Waals surface area contributed by atoms with Crippen molar-refractivity contribution in [1.82, 2.24) is 15.0 Å². The van der Waals surface area contributed by atoms with E-state index in [1.165, 1.54) is 25.1 Å². The number of hydrogen-bond donors (Lipinski definition) is 2. The highest BCUT2D eigenvalue weighted by Crippen LogP contribution is 2.52.